The number of hydrogen-bond acceptors (Lipinski definition) is 6. The predicted molar refractivity (Wildman–Crippen MR) is 112 cm³/mol. The molecule has 3 rings (SSSR count). The summed E-state index contributed by atoms with van der Waals surface area (Å²) in [5, 5.41) is 20.6. The largest absolute Gasteiger partial charge is 0.334 e. The summed E-state index contributed by atoms with van der Waals surface area (Å²) in [4.78, 5) is 12.9. The van der Waals surface area contributed by atoms with Crippen LogP contribution >= 0.6 is 11.6 Å². The van der Waals surface area contributed by atoms with E-state index in [9.17, 15) is 10.1 Å². The summed E-state index contributed by atoms with van der Waals surface area (Å²) in [6.07, 6.45) is 3.50. The van der Waals surface area contributed by atoms with Gasteiger partial charge in [0.05, 0.1) is 35.1 Å². The molecule has 1 fully saturated rings. The van der Waals surface area contributed by atoms with Gasteiger partial charge in [0.25, 0.3) is 5.91 Å². The molecule has 9 heteroatoms. The molecule has 1 saturated heterocycles. The Balaban J connectivity index is 1.73. The maximum Gasteiger partial charge on any atom is 0.256 e. The average Bonchev–Trinajstić information content (AvgIpc) is 3.31. The van der Waals surface area contributed by atoms with Crippen LogP contribution in [0.25, 0.3) is 5.69 Å². The number of hydrogen-bond donors (Lipinski definition) is 4. The summed E-state index contributed by atoms with van der Waals surface area (Å²) in [5.74, 6) is -0.616. The van der Waals surface area contributed by atoms with E-state index in [-0.39, 0.29) is 17.9 Å². The molecule has 4 N–H and O–H groups in total. The third-order valence-electron chi connectivity index (χ3n) is 5.10. The maximum absolute atomic E-state index is 12.9. The van der Waals surface area contributed by atoms with Crippen molar-refractivity contribution in [2.45, 2.75) is 38.4 Å². The standard InChI is InChI=1S/C20H26ClN7O/c1-3-18-16(12-24-28(18)14-7-4-6-13(21)10-14)20(29)25-19-15(11-22)17(26-27-19)8-5-9-23-2/h4,6-7,10,12,15,17,19,23,26-27H,3,5,8-9H2,1-2H3,(H,25,29). The highest BCUT2D eigenvalue weighted by atomic mass is 35.5. The van der Waals surface area contributed by atoms with Crippen LogP contribution in [-0.2, 0) is 6.42 Å². The molecular formula is C20H26ClN7O. The number of nitrogens with one attached hydrogen (secondary N) is 4. The lowest BCUT2D eigenvalue weighted by atomic mass is 9.96. The molecule has 1 aliphatic heterocycles. The Bertz CT molecular complexity index is 891. The molecule has 0 bridgehead atoms. The van der Waals surface area contributed by atoms with Crippen molar-refractivity contribution in [1.29, 1.82) is 5.26 Å². The van der Waals surface area contributed by atoms with Crippen molar-refractivity contribution in [2.24, 2.45) is 5.92 Å². The van der Waals surface area contributed by atoms with Gasteiger partial charge in [-0.15, -0.1) is 0 Å². The second kappa shape index (κ2) is 9.85. The van der Waals surface area contributed by atoms with E-state index in [0.29, 0.717) is 17.0 Å². The third kappa shape index (κ3) is 4.77. The number of benzene rings is 1. The highest BCUT2D eigenvalue weighted by Gasteiger charge is 2.37. The van der Waals surface area contributed by atoms with E-state index in [1.807, 2.05) is 26.1 Å². The predicted octanol–water partition coefficient (Wildman–Crippen LogP) is 1.76. The Kier molecular flexibility index (Phi) is 7.23. The molecule has 1 amide bonds. The van der Waals surface area contributed by atoms with Gasteiger partial charge in [-0.1, -0.05) is 24.6 Å². The maximum atomic E-state index is 12.9. The smallest absolute Gasteiger partial charge is 0.256 e. The van der Waals surface area contributed by atoms with Gasteiger partial charge in [-0.3, -0.25) is 10.2 Å². The minimum Gasteiger partial charge on any atom is -0.334 e. The van der Waals surface area contributed by atoms with Gasteiger partial charge in [-0.25, -0.2) is 10.1 Å². The second-order valence-corrected chi connectivity index (χ2v) is 7.43. The number of carbonyl (C=O) groups is 1. The van der Waals surface area contributed by atoms with Crippen molar-refractivity contribution in [3.63, 3.8) is 0 Å². The van der Waals surface area contributed by atoms with E-state index in [0.717, 1.165) is 30.8 Å². The molecule has 2 heterocycles. The first-order valence-corrected chi connectivity index (χ1v) is 10.2. The topological polar surface area (TPSA) is 107 Å². The van der Waals surface area contributed by atoms with Crippen LogP contribution in [0.3, 0.4) is 0 Å². The summed E-state index contributed by atoms with van der Waals surface area (Å²) in [7, 11) is 1.90. The number of nitrogens with zero attached hydrogens (tertiary/aromatic N) is 3. The van der Waals surface area contributed by atoms with Gasteiger partial charge in [0.1, 0.15) is 6.17 Å². The Labute approximate surface area is 175 Å². The highest BCUT2D eigenvalue weighted by Crippen LogP contribution is 2.21. The van der Waals surface area contributed by atoms with Crippen LogP contribution in [-0.4, -0.2) is 41.5 Å². The first-order chi connectivity index (χ1) is 14.1. The normalized spacial score (nSPS) is 21.1. The number of hydrazine groups is 1. The lowest BCUT2D eigenvalue weighted by molar-refractivity contribution is 0.0925. The molecule has 1 aromatic carbocycles. The summed E-state index contributed by atoms with van der Waals surface area (Å²) >= 11 is 6.09. The second-order valence-electron chi connectivity index (χ2n) is 7.00. The Morgan fingerprint density at radius 2 is 2.24 bits per heavy atom. The number of aromatic nitrogens is 2. The van der Waals surface area contributed by atoms with Crippen molar-refractivity contribution in [2.75, 3.05) is 13.6 Å². The summed E-state index contributed by atoms with van der Waals surface area (Å²) in [6.45, 7) is 2.86. The molecule has 3 unspecified atom stereocenters. The zero-order valence-electron chi connectivity index (χ0n) is 16.6. The van der Waals surface area contributed by atoms with Crippen molar-refractivity contribution in [1.82, 2.24) is 31.3 Å². The first-order valence-electron chi connectivity index (χ1n) is 9.78. The number of halogens is 1. The molecule has 0 saturated carbocycles. The summed E-state index contributed by atoms with van der Waals surface area (Å²) in [6, 6.07) is 9.64. The van der Waals surface area contributed by atoms with Crippen molar-refractivity contribution >= 4 is 17.5 Å². The molecule has 8 nitrogen and oxygen atoms in total. The molecule has 1 aliphatic rings. The van der Waals surface area contributed by atoms with Crippen LogP contribution in [0.4, 0.5) is 0 Å². The quantitative estimate of drug-likeness (QED) is 0.489. The molecule has 3 atom stereocenters. The fraction of sp³-hybridized carbons (Fsp3) is 0.450. The van der Waals surface area contributed by atoms with Gasteiger partial charge >= 0.3 is 0 Å². The zero-order valence-corrected chi connectivity index (χ0v) is 17.3. The molecule has 0 spiro atoms. The van der Waals surface area contributed by atoms with E-state index in [1.165, 1.54) is 0 Å². The lowest BCUT2D eigenvalue weighted by Gasteiger charge is -2.17. The molecular weight excluding hydrogens is 390 g/mol. The molecule has 29 heavy (non-hydrogen) atoms. The number of nitriles is 1. The van der Waals surface area contributed by atoms with Crippen LogP contribution in [0.2, 0.25) is 5.02 Å². The van der Waals surface area contributed by atoms with Crippen molar-refractivity contribution in [3.05, 3.63) is 46.7 Å². The third-order valence-corrected chi connectivity index (χ3v) is 5.33. The van der Waals surface area contributed by atoms with Gasteiger partial charge in [0.15, 0.2) is 0 Å². The average molecular weight is 416 g/mol. The number of rotatable bonds is 8. The Morgan fingerprint density at radius 3 is 2.93 bits per heavy atom. The molecule has 1 aromatic heterocycles. The van der Waals surface area contributed by atoms with Gasteiger partial charge < -0.3 is 10.6 Å². The summed E-state index contributed by atoms with van der Waals surface area (Å²) in [5.41, 5.74) is 8.26. The van der Waals surface area contributed by atoms with Crippen molar-refractivity contribution in [3.8, 4) is 11.8 Å². The van der Waals surface area contributed by atoms with E-state index < -0.39 is 6.17 Å². The minimum atomic E-state index is -0.466. The number of carbonyl (C=O) groups excluding carboxylic acids is 1. The van der Waals surface area contributed by atoms with Gasteiger partial charge in [0, 0.05) is 11.1 Å². The monoisotopic (exact) mass is 415 g/mol. The van der Waals surface area contributed by atoms with E-state index >= 15 is 0 Å². The molecule has 2 aromatic rings. The van der Waals surface area contributed by atoms with Gasteiger partial charge in [-0.2, -0.15) is 10.4 Å². The van der Waals surface area contributed by atoms with Crippen LogP contribution in [0.1, 0.15) is 35.8 Å². The molecule has 154 valence electrons. The van der Waals surface area contributed by atoms with Crippen molar-refractivity contribution < 1.29 is 4.79 Å². The minimum absolute atomic E-state index is 0.0153. The highest BCUT2D eigenvalue weighted by molar-refractivity contribution is 6.30. The Morgan fingerprint density at radius 1 is 1.41 bits per heavy atom. The zero-order chi connectivity index (χ0) is 20.8. The van der Waals surface area contributed by atoms with Gasteiger partial charge in [0.2, 0.25) is 0 Å². The SMILES string of the molecule is CCc1c(C(=O)NC2NNC(CCCNC)C2C#N)cnn1-c1cccc(Cl)c1. The van der Waals surface area contributed by atoms with Crippen LogP contribution in [0.15, 0.2) is 30.5 Å². The van der Waals surface area contributed by atoms with E-state index in [4.69, 9.17) is 11.6 Å². The first kappa shape index (κ1) is 21.3. The fourth-order valence-electron chi connectivity index (χ4n) is 3.60. The lowest BCUT2D eigenvalue weighted by Crippen LogP contribution is -2.46. The van der Waals surface area contributed by atoms with E-state index in [1.54, 1.807) is 23.0 Å². The summed E-state index contributed by atoms with van der Waals surface area (Å²) < 4.78 is 1.73. The van der Waals surface area contributed by atoms with Gasteiger partial charge in [-0.05, 0) is 51.1 Å². The molecule has 0 aliphatic carbocycles. The number of amides is 1. The van der Waals surface area contributed by atoms with E-state index in [2.05, 4.69) is 32.7 Å². The van der Waals surface area contributed by atoms with Crippen LogP contribution in [0, 0.1) is 17.2 Å². The Hall–Kier alpha value is -2.44. The fourth-order valence-corrected chi connectivity index (χ4v) is 3.79. The van der Waals surface area contributed by atoms with Crippen LogP contribution < -0.4 is 21.5 Å². The van der Waals surface area contributed by atoms with Crippen LogP contribution in [0.5, 0.6) is 0 Å². The molecule has 0 radical (unpaired) electrons.